The number of fused-ring (bicyclic) bond motifs is 1. The first-order chi connectivity index (χ1) is 11.3. The van der Waals surface area contributed by atoms with Crippen LogP contribution in [0.25, 0.3) is 10.2 Å². The van der Waals surface area contributed by atoms with Crippen LogP contribution >= 0.6 is 11.3 Å². The van der Waals surface area contributed by atoms with Gasteiger partial charge < -0.3 is 0 Å². The van der Waals surface area contributed by atoms with E-state index in [2.05, 4.69) is 41.4 Å². The molecule has 5 nitrogen and oxygen atoms in total. The fourth-order valence-electron chi connectivity index (χ4n) is 2.59. The van der Waals surface area contributed by atoms with E-state index in [9.17, 15) is 4.79 Å². The van der Waals surface area contributed by atoms with Crippen LogP contribution in [0.4, 0.5) is 5.13 Å². The van der Waals surface area contributed by atoms with Crippen molar-refractivity contribution in [1.82, 2.24) is 14.8 Å². The van der Waals surface area contributed by atoms with Gasteiger partial charge in [-0.05, 0) is 50.5 Å². The number of carbonyl (C=O) groups excluding carboxylic acids is 1. The van der Waals surface area contributed by atoms with E-state index in [1.165, 1.54) is 16.9 Å². The predicted octanol–water partition coefficient (Wildman–Crippen LogP) is 4.76. The molecular weight excluding hydrogens is 320 g/mol. The average Bonchev–Trinajstić information content (AvgIpc) is 3.08. The Morgan fingerprint density at radius 2 is 1.96 bits per heavy atom. The Bertz CT molecular complexity index is 892. The van der Waals surface area contributed by atoms with Crippen LogP contribution < -0.4 is 5.32 Å². The predicted molar refractivity (Wildman–Crippen MR) is 99.0 cm³/mol. The van der Waals surface area contributed by atoms with Gasteiger partial charge in [-0.1, -0.05) is 31.3 Å². The number of amides is 1. The Kier molecular flexibility index (Phi) is 4.41. The molecule has 0 aliphatic rings. The molecule has 0 spiro atoms. The van der Waals surface area contributed by atoms with Gasteiger partial charge in [-0.25, -0.2) is 4.98 Å². The lowest BCUT2D eigenvalue weighted by atomic mass is 10.0. The zero-order valence-electron chi connectivity index (χ0n) is 14.6. The molecule has 1 amide bonds. The zero-order valence-corrected chi connectivity index (χ0v) is 15.4. The number of rotatable bonds is 4. The normalized spacial score (nSPS) is 11.6. The molecule has 0 unspecified atom stereocenters. The quantitative estimate of drug-likeness (QED) is 0.744. The maximum Gasteiger partial charge on any atom is 0.275 e. The van der Waals surface area contributed by atoms with Gasteiger partial charge in [-0.2, -0.15) is 5.10 Å². The van der Waals surface area contributed by atoms with Gasteiger partial charge in [0, 0.05) is 6.04 Å². The van der Waals surface area contributed by atoms with E-state index >= 15 is 0 Å². The molecule has 1 N–H and O–H groups in total. The molecule has 126 valence electrons. The molecule has 0 saturated carbocycles. The van der Waals surface area contributed by atoms with Crippen molar-refractivity contribution in [3.63, 3.8) is 0 Å². The molecule has 0 fully saturated rings. The van der Waals surface area contributed by atoms with Crippen LogP contribution in [0.2, 0.25) is 0 Å². The standard InChI is InChI=1S/C18H22N4OS/c1-10(2)13-6-7-14-16(9-13)24-18(19-14)20-17(23)15-8-12(5)21-22(15)11(3)4/h6-11H,1-5H3,(H,19,20,23). The van der Waals surface area contributed by atoms with Gasteiger partial charge >= 0.3 is 0 Å². The third-order valence-corrected chi connectivity index (χ3v) is 4.81. The number of anilines is 1. The highest BCUT2D eigenvalue weighted by molar-refractivity contribution is 7.22. The summed E-state index contributed by atoms with van der Waals surface area (Å²) in [6, 6.07) is 8.19. The molecule has 24 heavy (non-hydrogen) atoms. The number of aromatic nitrogens is 3. The van der Waals surface area contributed by atoms with Gasteiger partial charge in [0.2, 0.25) is 0 Å². The van der Waals surface area contributed by atoms with Gasteiger partial charge in [0.25, 0.3) is 5.91 Å². The maximum absolute atomic E-state index is 12.6. The molecule has 3 aromatic rings. The highest BCUT2D eigenvalue weighted by Gasteiger charge is 2.17. The summed E-state index contributed by atoms with van der Waals surface area (Å²) in [5, 5.41) is 7.91. The molecule has 0 aliphatic carbocycles. The van der Waals surface area contributed by atoms with E-state index in [0.717, 1.165) is 15.9 Å². The van der Waals surface area contributed by atoms with Crippen molar-refractivity contribution in [3.8, 4) is 0 Å². The van der Waals surface area contributed by atoms with Crippen LogP contribution in [0.1, 0.15) is 61.4 Å². The summed E-state index contributed by atoms with van der Waals surface area (Å²) in [7, 11) is 0. The van der Waals surface area contributed by atoms with Crippen molar-refractivity contribution in [2.24, 2.45) is 0 Å². The average molecular weight is 342 g/mol. The monoisotopic (exact) mass is 342 g/mol. The van der Waals surface area contributed by atoms with Crippen molar-refractivity contribution in [1.29, 1.82) is 0 Å². The molecule has 1 aromatic carbocycles. The smallest absolute Gasteiger partial charge is 0.275 e. The van der Waals surface area contributed by atoms with Crippen LogP contribution in [-0.4, -0.2) is 20.7 Å². The minimum atomic E-state index is -0.174. The number of aryl methyl sites for hydroxylation is 1. The van der Waals surface area contributed by atoms with Gasteiger partial charge in [0.1, 0.15) is 5.69 Å². The molecule has 6 heteroatoms. The first-order valence-corrected chi connectivity index (χ1v) is 8.94. The minimum Gasteiger partial charge on any atom is -0.296 e. The number of carbonyl (C=O) groups is 1. The highest BCUT2D eigenvalue weighted by atomic mass is 32.1. The Morgan fingerprint density at radius 1 is 1.21 bits per heavy atom. The highest BCUT2D eigenvalue weighted by Crippen LogP contribution is 2.29. The summed E-state index contributed by atoms with van der Waals surface area (Å²) in [4.78, 5) is 17.1. The molecular formula is C18H22N4OS. The topological polar surface area (TPSA) is 59.8 Å². The van der Waals surface area contributed by atoms with Gasteiger partial charge in [-0.15, -0.1) is 0 Å². The molecule has 0 radical (unpaired) electrons. The number of nitrogens with zero attached hydrogens (tertiary/aromatic N) is 3. The Morgan fingerprint density at radius 3 is 2.62 bits per heavy atom. The molecule has 2 aromatic heterocycles. The van der Waals surface area contributed by atoms with E-state index in [1.54, 1.807) is 10.7 Å². The van der Waals surface area contributed by atoms with Crippen LogP contribution in [0.3, 0.4) is 0 Å². The second kappa shape index (κ2) is 6.36. The van der Waals surface area contributed by atoms with Crippen LogP contribution in [-0.2, 0) is 0 Å². The van der Waals surface area contributed by atoms with Crippen LogP contribution in [0.15, 0.2) is 24.3 Å². The Labute approximate surface area is 145 Å². The third kappa shape index (κ3) is 3.19. The molecule has 0 aliphatic heterocycles. The lowest BCUT2D eigenvalue weighted by Gasteiger charge is -2.09. The summed E-state index contributed by atoms with van der Waals surface area (Å²) >= 11 is 1.50. The summed E-state index contributed by atoms with van der Waals surface area (Å²) < 4.78 is 2.83. The van der Waals surface area contributed by atoms with Crippen LogP contribution in [0, 0.1) is 6.92 Å². The van der Waals surface area contributed by atoms with Gasteiger partial charge in [0.05, 0.1) is 15.9 Å². The molecule has 0 saturated heterocycles. The number of benzene rings is 1. The lowest BCUT2D eigenvalue weighted by Crippen LogP contribution is -2.18. The molecule has 0 bridgehead atoms. The Balaban J connectivity index is 1.88. The second-order valence-corrected chi connectivity index (χ2v) is 7.59. The van der Waals surface area contributed by atoms with Crippen molar-refractivity contribution in [2.45, 2.75) is 46.6 Å². The summed E-state index contributed by atoms with van der Waals surface area (Å²) in [6.07, 6.45) is 0. The number of hydrogen-bond donors (Lipinski definition) is 1. The lowest BCUT2D eigenvalue weighted by molar-refractivity contribution is 0.101. The van der Waals surface area contributed by atoms with E-state index in [1.807, 2.05) is 26.8 Å². The van der Waals surface area contributed by atoms with E-state index in [-0.39, 0.29) is 11.9 Å². The number of nitrogens with one attached hydrogen (secondary N) is 1. The van der Waals surface area contributed by atoms with E-state index < -0.39 is 0 Å². The first kappa shape index (κ1) is 16.6. The summed E-state index contributed by atoms with van der Waals surface area (Å²) in [6.45, 7) is 10.2. The van der Waals surface area contributed by atoms with Gasteiger partial charge in [0.15, 0.2) is 5.13 Å². The van der Waals surface area contributed by atoms with E-state index in [0.29, 0.717) is 16.7 Å². The number of hydrogen-bond acceptors (Lipinski definition) is 4. The fraction of sp³-hybridized carbons (Fsp3) is 0.389. The molecule has 3 rings (SSSR count). The van der Waals surface area contributed by atoms with Crippen LogP contribution in [0.5, 0.6) is 0 Å². The summed E-state index contributed by atoms with van der Waals surface area (Å²) in [5.41, 5.74) is 3.58. The summed E-state index contributed by atoms with van der Waals surface area (Å²) in [5.74, 6) is 0.297. The van der Waals surface area contributed by atoms with E-state index in [4.69, 9.17) is 0 Å². The largest absolute Gasteiger partial charge is 0.296 e. The second-order valence-electron chi connectivity index (χ2n) is 6.56. The van der Waals surface area contributed by atoms with Gasteiger partial charge in [-0.3, -0.25) is 14.8 Å². The van der Waals surface area contributed by atoms with Crippen molar-refractivity contribution in [2.75, 3.05) is 5.32 Å². The maximum atomic E-state index is 12.6. The van der Waals surface area contributed by atoms with Crippen molar-refractivity contribution < 1.29 is 4.79 Å². The van der Waals surface area contributed by atoms with Crippen molar-refractivity contribution >= 4 is 32.6 Å². The molecule has 0 atom stereocenters. The number of thiazole rings is 1. The first-order valence-electron chi connectivity index (χ1n) is 8.13. The zero-order chi connectivity index (χ0) is 17.4. The minimum absolute atomic E-state index is 0.128. The third-order valence-electron chi connectivity index (χ3n) is 3.88. The Hall–Kier alpha value is -2.21. The molecule has 2 heterocycles. The fourth-order valence-corrected chi connectivity index (χ4v) is 3.50. The van der Waals surface area contributed by atoms with Crippen molar-refractivity contribution in [3.05, 3.63) is 41.2 Å². The SMILES string of the molecule is Cc1cc(C(=O)Nc2nc3ccc(C(C)C)cc3s2)n(C(C)C)n1.